The third kappa shape index (κ3) is 5.90. The number of hydrogen-bond acceptors (Lipinski definition) is 5. The fourth-order valence-corrected chi connectivity index (χ4v) is 3.99. The Morgan fingerprint density at radius 2 is 1.78 bits per heavy atom. The van der Waals surface area contributed by atoms with Crippen molar-refractivity contribution in [3.8, 4) is 11.5 Å². The van der Waals surface area contributed by atoms with Gasteiger partial charge in [-0.1, -0.05) is 18.2 Å². The normalized spacial score (nSPS) is 18.8. The van der Waals surface area contributed by atoms with Crippen LogP contribution in [0.4, 0.5) is 0 Å². The van der Waals surface area contributed by atoms with Crippen molar-refractivity contribution in [3.05, 3.63) is 77.1 Å². The van der Waals surface area contributed by atoms with Crippen LogP contribution in [0.5, 0.6) is 11.5 Å². The molecule has 32 heavy (non-hydrogen) atoms. The van der Waals surface area contributed by atoms with E-state index in [4.69, 9.17) is 9.47 Å². The van der Waals surface area contributed by atoms with E-state index < -0.39 is 6.10 Å². The highest BCUT2D eigenvalue weighted by Crippen LogP contribution is 2.23. The number of ether oxygens (including phenoxy) is 2. The highest BCUT2D eigenvalue weighted by molar-refractivity contribution is 5.34. The molecule has 1 fully saturated rings. The minimum absolute atomic E-state index is 0.210. The third-order valence-corrected chi connectivity index (χ3v) is 5.97. The Hall–Kier alpha value is -2.83. The maximum Gasteiger partial charge on any atom is 0.138 e. The number of benzene rings is 2. The number of rotatable bonds is 9. The van der Waals surface area contributed by atoms with Crippen LogP contribution in [0, 0.1) is 20.8 Å². The molecule has 0 amide bonds. The maximum absolute atomic E-state index is 10.5. The van der Waals surface area contributed by atoms with Gasteiger partial charge in [0, 0.05) is 38.8 Å². The second kappa shape index (κ2) is 10.2. The van der Waals surface area contributed by atoms with Gasteiger partial charge in [0.25, 0.3) is 0 Å². The zero-order chi connectivity index (χ0) is 22.5. The van der Waals surface area contributed by atoms with Crippen molar-refractivity contribution < 1.29 is 14.6 Å². The first-order chi connectivity index (χ1) is 15.5. The van der Waals surface area contributed by atoms with Gasteiger partial charge in [-0.05, 0) is 67.3 Å². The van der Waals surface area contributed by atoms with Crippen LogP contribution in [-0.2, 0) is 13.1 Å². The van der Waals surface area contributed by atoms with E-state index in [0.717, 1.165) is 31.0 Å². The summed E-state index contributed by atoms with van der Waals surface area (Å²) >= 11 is 0. The average molecular weight is 436 g/mol. The van der Waals surface area contributed by atoms with Gasteiger partial charge in [0.2, 0.25) is 0 Å². The number of aliphatic hydroxyl groups is 1. The largest absolute Gasteiger partial charge is 0.494 e. The molecule has 2 atom stereocenters. The Kier molecular flexibility index (Phi) is 7.12. The summed E-state index contributed by atoms with van der Waals surface area (Å²) in [7, 11) is 0. The van der Waals surface area contributed by atoms with Crippen molar-refractivity contribution in [1.82, 2.24) is 14.7 Å². The Morgan fingerprint density at radius 1 is 1.00 bits per heavy atom. The minimum Gasteiger partial charge on any atom is -0.494 e. The lowest BCUT2D eigenvalue weighted by Crippen LogP contribution is -2.29. The van der Waals surface area contributed by atoms with Crippen LogP contribution in [0.3, 0.4) is 0 Å². The summed E-state index contributed by atoms with van der Waals surface area (Å²) in [6.07, 6.45) is 4.13. The predicted octanol–water partition coefficient (Wildman–Crippen LogP) is 3.90. The fourth-order valence-electron chi connectivity index (χ4n) is 3.99. The van der Waals surface area contributed by atoms with Gasteiger partial charge in [-0.2, -0.15) is 5.10 Å². The summed E-state index contributed by atoms with van der Waals surface area (Å²) in [6, 6.07) is 14.3. The van der Waals surface area contributed by atoms with E-state index >= 15 is 0 Å². The molecule has 0 bridgehead atoms. The Balaban J connectivity index is 1.22. The molecular weight excluding hydrogens is 402 g/mol. The summed E-state index contributed by atoms with van der Waals surface area (Å²) in [5.41, 5.74) is 4.82. The zero-order valence-electron chi connectivity index (χ0n) is 19.2. The molecule has 0 unspecified atom stereocenters. The number of nitrogens with zero attached hydrogens (tertiary/aromatic N) is 3. The molecule has 3 aromatic rings. The molecule has 1 aliphatic heterocycles. The Bertz CT molecular complexity index is 1020. The summed E-state index contributed by atoms with van der Waals surface area (Å²) in [6.45, 7) is 9.82. The lowest BCUT2D eigenvalue weighted by molar-refractivity contribution is 0.0736. The van der Waals surface area contributed by atoms with Crippen molar-refractivity contribution in [2.45, 2.75) is 52.5 Å². The van der Waals surface area contributed by atoms with Crippen LogP contribution in [0.15, 0.2) is 54.9 Å². The molecule has 4 rings (SSSR count). The van der Waals surface area contributed by atoms with Gasteiger partial charge in [0.1, 0.15) is 23.7 Å². The lowest BCUT2D eigenvalue weighted by Gasteiger charge is -2.18. The number of hydrogen-bond donors (Lipinski definition) is 1. The SMILES string of the molecule is Cc1cnn(CCCOc2ccc(CN3C[C@H](Oc4ccc(C)c(C)c4)[C@@H](O)C3)cc2)c1. The zero-order valence-corrected chi connectivity index (χ0v) is 19.2. The summed E-state index contributed by atoms with van der Waals surface area (Å²) < 4.78 is 13.9. The number of β-amino-alcohol motifs (C(OH)–C–C–N with tert-alkyl or cyclic N) is 1. The molecule has 0 spiro atoms. The van der Waals surface area contributed by atoms with Crippen molar-refractivity contribution in [1.29, 1.82) is 0 Å². The summed E-state index contributed by atoms with van der Waals surface area (Å²) in [5.74, 6) is 1.70. The minimum atomic E-state index is -0.488. The van der Waals surface area contributed by atoms with Crippen LogP contribution in [0.2, 0.25) is 0 Å². The molecule has 0 radical (unpaired) electrons. The summed E-state index contributed by atoms with van der Waals surface area (Å²) in [5, 5.41) is 14.8. The molecular formula is C26H33N3O3. The average Bonchev–Trinajstić information content (AvgIpc) is 3.34. The first-order valence-electron chi connectivity index (χ1n) is 11.3. The van der Waals surface area contributed by atoms with E-state index in [9.17, 15) is 5.11 Å². The van der Waals surface area contributed by atoms with Crippen molar-refractivity contribution >= 4 is 0 Å². The number of likely N-dealkylation sites (tertiary alicyclic amines) is 1. The van der Waals surface area contributed by atoms with E-state index in [-0.39, 0.29) is 6.10 Å². The topological polar surface area (TPSA) is 59.8 Å². The molecule has 1 saturated heterocycles. The monoisotopic (exact) mass is 435 g/mol. The number of aryl methyl sites for hydroxylation is 4. The highest BCUT2D eigenvalue weighted by Gasteiger charge is 2.33. The highest BCUT2D eigenvalue weighted by atomic mass is 16.5. The van der Waals surface area contributed by atoms with Crippen molar-refractivity contribution in [2.75, 3.05) is 19.7 Å². The van der Waals surface area contributed by atoms with E-state index in [0.29, 0.717) is 19.7 Å². The third-order valence-electron chi connectivity index (χ3n) is 5.97. The maximum atomic E-state index is 10.5. The molecule has 1 aromatic heterocycles. The number of aromatic nitrogens is 2. The van der Waals surface area contributed by atoms with Gasteiger partial charge < -0.3 is 14.6 Å². The summed E-state index contributed by atoms with van der Waals surface area (Å²) in [4.78, 5) is 2.23. The Labute approximate surface area is 190 Å². The van der Waals surface area contributed by atoms with Crippen LogP contribution >= 0.6 is 0 Å². The predicted molar refractivity (Wildman–Crippen MR) is 125 cm³/mol. The van der Waals surface area contributed by atoms with E-state index in [1.165, 1.54) is 22.3 Å². The van der Waals surface area contributed by atoms with E-state index in [1.54, 1.807) is 0 Å². The fraction of sp³-hybridized carbons (Fsp3) is 0.423. The first kappa shape index (κ1) is 22.4. The van der Waals surface area contributed by atoms with Crippen LogP contribution in [0.1, 0.15) is 28.7 Å². The van der Waals surface area contributed by atoms with Gasteiger partial charge in [-0.3, -0.25) is 9.58 Å². The molecule has 2 aromatic carbocycles. The van der Waals surface area contributed by atoms with Crippen molar-refractivity contribution in [2.24, 2.45) is 0 Å². The van der Waals surface area contributed by atoms with Crippen molar-refractivity contribution in [3.63, 3.8) is 0 Å². The second-order valence-corrected chi connectivity index (χ2v) is 8.79. The van der Waals surface area contributed by atoms with Gasteiger partial charge in [-0.15, -0.1) is 0 Å². The molecule has 1 N–H and O–H groups in total. The van der Waals surface area contributed by atoms with Crippen LogP contribution in [-0.4, -0.2) is 51.7 Å². The molecule has 0 aliphatic carbocycles. The van der Waals surface area contributed by atoms with Gasteiger partial charge in [0.15, 0.2) is 0 Å². The molecule has 6 nitrogen and oxygen atoms in total. The molecule has 2 heterocycles. The van der Waals surface area contributed by atoms with E-state index in [1.807, 2.05) is 48.3 Å². The first-order valence-corrected chi connectivity index (χ1v) is 11.3. The lowest BCUT2D eigenvalue weighted by atomic mass is 10.1. The standard InChI is InChI=1S/C26H33N3O3/c1-19-14-27-29(15-19)11-4-12-31-23-9-6-22(7-10-23)16-28-17-25(30)26(18-28)32-24-8-5-20(2)21(3)13-24/h5-10,13-15,25-26,30H,4,11-12,16-18H2,1-3H3/t25-,26-/m0/s1. The van der Waals surface area contributed by atoms with Crippen LogP contribution in [0.25, 0.3) is 0 Å². The van der Waals surface area contributed by atoms with Gasteiger partial charge >= 0.3 is 0 Å². The van der Waals surface area contributed by atoms with E-state index in [2.05, 4.69) is 42.0 Å². The smallest absolute Gasteiger partial charge is 0.138 e. The quantitative estimate of drug-likeness (QED) is 0.517. The number of aliphatic hydroxyl groups excluding tert-OH is 1. The second-order valence-electron chi connectivity index (χ2n) is 8.79. The Morgan fingerprint density at radius 3 is 2.50 bits per heavy atom. The molecule has 0 saturated carbocycles. The van der Waals surface area contributed by atoms with Crippen LogP contribution < -0.4 is 9.47 Å². The van der Waals surface area contributed by atoms with Gasteiger partial charge in [0.05, 0.1) is 12.8 Å². The molecule has 1 aliphatic rings. The molecule has 6 heteroatoms. The van der Waals surface area contributed by atoms with Gasteiger partial charge in [-0.25, -0.2) is 0 Å². The molecule has 170 valence electrons.